The predicted molar refractivity (Wildman–Crippen MR) is 63.5 cm³/mol. The maximum absolute atomic E-state index is 11.7. The highest BCUT2D eigenvalue weighted by atomic mass is 16.3. The van der Waals surface area contributed by atoms with E-state index < -0.39 is 6.10 Å². The summed E-state index contributed by atoms with van der Waals surface area (Å²) in [4.78, 5) is 11.7. The number of carbonyl (C=O) groups excluding carboxylic acids is 1. The molecule has 5 heteroatoms. The number of Topliss-reactive ketones (excluding diaryl/α,β-unsaturated/α-hetero) is 1. The number of carbonyl (C=O) groups is 1. The monoisotopic (exact) mass is 233 g/mol. The van der Waals surface area contributed by atoms with Crippen LogP contribution < -0.4 is 0 Å². The molecule has 0 saturated heterocycles. The summed E-state index contributed by atoms with van der Waals surface area (Å²) in [5, 5.41) is 20.0. The topological polar surface area (TPSA) is 78.9 Å². The Morgan fingerprint density at radius 2 is 2.29 bits per heavy atom. The van der Waals surface area contributed by atoms with Crippen molar-refractivity contribution in [3.8, 4) is 0 Å². The second-order valence-corrected chi connectivity index (χ2v) is 4.09. The summed E-state index contributed by atoms with van der Waals surface area (Å²) in [6.45, 7) is 1.86. The van der Waals surface area contributed by atoms with Crippen molar-refractivity contribution < 1.29 is 9.90 Å². The van der Waals surface area contributed by atoms with E-state index >= 15 is 0 Å². The zero-order valence-electron chi connectivity index (χ0n) is 9.68. The van der Waals surface area contributed by atoms with Crippen LogP contribution in [0.15, 0.2) is 18.2 Å². The van der Waals surface area contributed by atoms with Crippen LogP contribution in [-0.2, 0) is 11.2 Å². The standard InChI is InChI=1S/C12H15N3O2/c1-2-9(16)7-10(17)6-8-4-3-5-11-12(8)14-15-13-11/h3-5,9,16H,2,6-7H2,1H3,(H,13,14,15). The molecule has 5 nitrogen and oxygen atoms in total. The third-order valence-corrected chi connectivity index (χ3v) is 2.75. The molecule has 0 spiro atoms. The normalized spacial score (nSPS) is 12.8. The molecule has 0 aliphatic heterocycles. The highest BCUT2D eigenvalue weighted by Gasteiger charge is 2.12. The molecule has 0 fully saturated rings. The van der Waals surface area contributed by atoms with Crippen molar-refractivity contribution in [3.05, 3.63) is 23.8 Å². The summed E-state index contributed by atoms with van der Waals surface area (Å²) in [6, 6.07) is 5.55. The Morgan fingerprint density at radius 1 is 1.47 bits per heavy atom. The smallest absolute Gasteiger partial charge is 0.139 e. The molecule has 2 rings (SSSR count). The van der Waals surface area contributed by atoms with Crippen molar-refractivity contribution in [1.29, 1.82) is 0 Å². The molecule has 1 aromatic carbocycles. The number of aromatic amines is 1. The lowest BCUT2D eigenvalue weighted by Crippen LogP contribution is -2.14. The Hall–Kier alpha value is -1.75. The van der Waals surface area contributed by atoms with Gasteiger partial charge in [0.2, 0.25) is 0 Å². The summed E-state index contributed by atoms with van der Waals surface area (Å²) in [7, 11) is 0. The molecular weight excluding hydrogens is 218 g/mol. The first kappa shape index (κ1) is 11.7. The maximum Gasteiger partial charge on any atom is 0.139 e. The van der Waals surface area contributed by atoms with E-state index in [1.807, 2.05) is 25.1 Å². The van der Waals surface area contributed by atoms with Crippen molar-refractivity contribution in [1.82, 2.24) is 15.4 Å². The van der Waals surface area contributed by atoms with Gasteiger partial charge >= 0.3 is 0 Å². The fourth-order valence-electron chi connectivity index (χ4n) is 1.76. The minimum Gasteiger partial charge on any atom is -0.393 e. The van der Waals surface area contributed by atoms with Crippen molar-refractivity contribution in [2.45, 2.75) is 32.3 Å². The lowest BCUT2D eigenvalue weighted by molar-refractivity contribution is -0.120. The SMILES string of the molecule is CCC(O)CC(=O)Cc1cccc2n[nH]nc12. The molecule has 1 aromatic heterocycles. The number of nitrogens with zero attached hydrogens (tertiary/aromatic N) is 2. The minimum atomic E-state index is -0.543. The first-order chi connectivity index (χ1) is 8.20. The number of fused-ring (bicyclic) bond motifs is 1. The van der Waals surface area contributed by atoms with Crippen molar-refractivity contribution in [2.24, 2.45) is 0 Å². The second-order valence-electron chi connectivity index (χ2n) is 4.09. The van der Waals surface area contributed by atoms with Gasteiger partial charge in [-0.25, -0.2) is 0 Å². The zero-order valence-corrected chi connectivity index (χ0v) is 9.68. The van der Waals surface area contributed by atoms with Crippen molar-refractivity contribution in [3.63, 3.8) is 0 Å². The van der Waals surface area contributed by atoms with Crippen LogP contribution in [0, 0.1) is 0 Å². The van der Waals surface area contributed by atoms with Crippen molar-refractivity contribution in [2.75, 3.05) is 0 Å². The molecule has 0 bridgehead atoms. The Morgan fingerprint density at radius 3 is 3.06 bits per heavy atom. The Labute approximate surface area is 98.8 Å². The van der Waals surface area contributed by atoms with Gasteiger partial charge in [-0.1, -0.05) is 19.1 Å². The van der Waals surface area contributed by atoms with Crippen molar-refractivity contribution >= 4 is 16.8 Å². The van der Waals surface area contributed by atoms with E-state index in [-0.39, 0.29) is 12.2 Å². The number of para-hydroxylation sites is 1. The third-order valence-electron chi connectivity index (χ3n) is 2.75. The van der Waals surface area contributed by atoms with E-state index in [0.717, 1.165) is 16.6 Å². The first-order valence-electron chi connectivity index (χ1n) is 5.69. The second kappa shape index (κ2) is 5.05. The number of hydrogen-bond donors (Lipinski definition) is 2. The molecule has 0 radical (unpaired) electrons. The van der Waals surface area contributed by atoms with Gasteiger partial charge in [0, 0.05) is 12.8 Å². The number of H-pyrrole nitrogens is 1. The van der Waals surface area contributed by atoms with Gasteiger partial charge in [-0.05, 0) is 18.1 Å². The molecule has 1 heterocycles. The maximum atomic E-state index is 11.7. The Balaban J connectivity index is 2.13. The van der Waals surface area contributed by atoms with Gasteiger partial charge < -0.3 is 5.11 Å². The fourth-order valence-corrected chi connectivity index (χ4v) is 1.76. The van der Waals surface area contributed by atoms with Crippen LogP contribution in [0.1, 0.15) is 25.3 Å². The van der Waals surface area contributed by atoms with E-state index in [1.165, 1.54) is 0 Å². The third kappa shape index (κ3) is 2.68. The molecule has 0 aliphatic carbocycles. The number of rotatable bonds is 5. The van der Waals surface area contributed by atoms with Gasteiger partial charge in [-0.3, -0.25) is 4.79 Å². The molecule has 90 valence electrons. The fraction of sp³-hybridized carbons (Fsp3) is 0.417. The number of benzene rings is 1. The molecule has 2 aromatic rings. The summed E-state index contributed by atoms with van der Waals surface area (Å²) < 4.78 is 0. The first-order valence-corrected chi connectivity index (χ1v) is 5.69. The van der Waals surface area contributed by atoms with Gasteiger partial charge in [0.05, 0.1) is 6.10 Å². The van der Waals surface area contributed by atoms with Gasteiger partial charge in [0.15, 0.2) is 0 Å². The number of aliphatic hydroxyl groups is 1. The summed E-state index contributed by atoms with van der Waals surface area (Å²) in [5.74, 6) is 0.0230. The quantitative estimate of drug-likeness (QED) is 0.814. The molecule has 0 amide bonds. The Bertz CT molecular complexity index is 521. The molecule has 0 saturated carbocycles. The predicted octanol–water partition coefficient (Wildman–Crippen LogP) is 1.23. The number of aliphatic hydroxyl groups excluding tert-OH is 1. The molecule has 1 atom stereocenters. The Kier molecular flexibility index (Phi) is 3.49. The van der Waals surface area contributed by atoms with E-state index in [1.54, 1.807) is 0 Å². The highest BCUT2D eigenvalue weighted by molar-refractivity contribution is 5.87. The lowest BCUT2D eigenvalue weighted by Gasteiger charge is -2.06. The zero-order chi connectivity index (χ0) is 12.3. The van der Waals surface area contributed by atoms with Gasteiger partial charge in [-0.2, -0.15) is 15.4 Å². The number of aromatic nitrogens is 3. The molecule has 17 heavy (non-hydrogen) atoms. The molecule has 1 unspecified atom stereocenters. The highest BCUT2D eigenvalue weighted by Crippen LogP contribution is 2.15. The van der Waals surface area contributed by atoms with Crippen LogP contribution in [0.3, 0.4) is 0 Å². The largest absolute Gasteiger partial charge is 0.393 e. The number of nitrogens with one attached hydrogen (secondary N) is 1. The number of hydrogen-bond acceptors (Lipinski definition) is 4. The van der Waals surface area contributed by atoms with E-state index in [0.29, 0.717) is 12.8 Å². The average molecular weight is 233 g/mol. The van der Waals surface area contributed by atoms with E-state index in [2.05, 4.69) is 15.4 Å². The summed E-state index contributed by atoms with van der Waals surface area (Å²) >= 11 is 0. The average Bonchev–Trinajstić information content (AvgIpc) is 2.78. The molecular formula is C12H15N3O2. The van der Waals surface area contributed by atoms with Crippen LogP contribution in [0.2, 0.25) is 0 Å². The van der Waals surface area contributed by atoms with Gasteiger partial charge in [0.1, 0.15) is 16.8 Å². The van der Waals surface area contributed by atoms with Crippen LogP contribution in [0.5, 0.6) is 0 Å². The summed E-state index contributed by atoms with van der Waals surface area (Å²) in [5.41, 5.74) is 2.34. The minimum absolute atomic E-state index is 0.0230. The van der Waals surface area contributed by atoms with Crippen LogP contribution in [-0.4, -0.2) is 32.4 Å². The number of ketones is 1. The van der Waals surface area contributed by atoms with Gasteiger partial charge in [-0.15, -0.1) is 0 Å². The van der Waals surface area contributed by atoms with Crippen LogP contribution in [0.4, 0.5) is 0 Å². The molecule has 2 N–H and O–H groups in total. The lowest BCUT2D eigenvalue weighted by atomic mass is 10.0. The molecule has 0 aliphatic rings. The van der Waals surface area contributed by atoms with E-state index in [4.69, 9.17) is 0 Å². The van der Waals surface area contributed by atoms with E-state index in [9.17, 15) is 9.90 Å². The van der Waals surface area contributed by atoms with Gasteiger partial charge in [0.25, 0.3) is 0 Å². The summed E-state index contributed by atoms with van der Waals surface area (Å²) in [6.07, 6.45) is 0.546. The van der Waals surface area contributed by atoms with Crippen LogP contribution in [0.25, 0.3) is 11.0 Å². The van der Waals surface area contributed by atoms with Crippen LogP contribution >= 0.6 is 0 Å².